The van der Waals surface area contributed by atoms with Crippen molar-refractivity contribution in [2.24, 2.45) is 0 Å². The quantitative estimate of drug-likeness (QED) is 0.775. The number of likely N-dealkylation sites (N-methyl/N-ethyl adjacent to an activating group) is 1. The van der Waals surface area contributed by atoms with Crippen molar-refractivity contribution in [3.8, 4) is 0 Å². The standard InChI is InChI=1S/C14H24N4O2S/c1-4-11-15-16-13(21-9-12(19)20)18(11)10-14(17(2)3)7-5-6-8-14/h4-10H2,1-3H3,(H,19,20). The molecule has 0 unspecified atom stereocenters. The molecule has 0 amide bonds. The van der Waals surface area contributed by atoms with Crippen molar-refractivity contribution in [1.29, 1.82) is 0 Å². The Labute approximate surface area is 129 Å². The molecule has 1 fully saturated rings. The summed E-state index contributed by atoms with van der Waals surface area (Å²) in [6, 6.07) is 0. The maximum atomic E-state index is 10.8. The number of hydrogen-bond acceptors (Lipinski definition) is 5. The molecule has 0 radical (unpaired) electrons. The Morgan fingerprint density at radius 1 is 1.38 bits per heavy atom. The van der Waals surface area contributed by atoms with Crippen LogP contribution in [0.4, 0.5) is 0 Å². The van der Waals surface area contributed by atoms with Crippen molar-refractivity contribution in [3.05, 3.63) is 5.82 Å². The molecule has 7 heteroatoms. The molecule has 1 heterocycles. The smallest absolute Gasteiger partial charge is 0.313 e. The molecular weight excluding hydrogens is 288 g/mol. The Morgan fingerprint density at radius 2 is 2.05 bits per heavy atom. The van der Waals surface area contributed by atoms with Crippen molar-refractivity contribution < 1.29 is 9.90 Å². The first kappa shape index (κ1) is 16.3. The number of hydrogen-bond donors (Lipinski definition) is 1. The van der Waals surface area contributed by atoms with Gasteiger partial charge in [0.25, 0.3) is 0 Å². The zero-order valence-electron chi connectivity index (χ0n) is 13.0. The zero-order chi connectivity index (χ0) is 15.5. The van der Waals surface area contributed by atoms with Crippen LogP contribution in [0.1, 0.15) is 38.4 Å². The van der Waals surface area contributed by atoms with Gasteiger partial charge in [0, 0.05) is 18.5 Å². The lowest BCUT2D eigenvalue weighted by atomic mass is 9.96. The van der Waals surface area contributed by atoms with Crippen LogP contribution >= 0.6 is 11.8 Å². The molecule has 21 heavy (non-hydrogen) atoms. The molecule has 1 saturated carbocycles. The lowest BCUT2D eigenvalue weighted by Gasteiger charge is -2.37. The minimum absolute atomic E-state index is 0.0246. The molecule has 6 nitrogen and oxygen atoms in total. The van der Waals surface area contributed by atoms with Crippen molar-refractivity contribution in [2.75, 3.05) is 19.8 Å². The average molecular weight is 312 g/mol. The lowest BCUT2D eigenvalue weighted by Crippen LogP contribution is -2.45. The van der Waals surface area contributed by atoms with E-state index in [4.69, 9.17) is 5.11 Å². The summed E-state index contributed by atoms with van der Waals surface area (Å²) >= 11 is 1.26. The van der Waals surface area contributed by atoms with E-state index in [-0.39, 0.29) is 11.3 Å². The highest BCUT2D eigenvalue weighted by atomic mass is 32.2. The summed E-state index contributed by atoms with van der Waals surface area (Å²) in [6.07, 6.45) is 5.65. The van der Waals surface area contributed by atoms with Gasteiger partial charge in [-0.3, -0.25) is 4.79 Å². The van der Waals surface area contributed by atoms with Crippen LogP contribution in [0, 0.1) is 0 Å². The predicted molar refractivity (Wildman–Crippen MR) is 82.6 cm³/mol. The fourth-order valence-electron chi connectivity index (χ4n) is 3.05. The summed E-state index contributed by atoms with van der Waals surface area (Å²) in [7, 11) is 4.26. The van der Waals surface area contributed by atoms with Gasteiger partial charge in [0.1, 0.15) is 5.82 Å². The number of rotatable bonds is 7. The third-order valence-corrected chi connectivity index (χ3v) is 5.32. The summed E-state index contributed by atoms with van der Waals surface area (Å²) in [5.74, 6) is 0.142. The van der Waals surface area contributed by atoms with Crippen LogP contribution in [0.25, 0.3) is 0 Å². The molecule has 0 aliphatic heterocycles. The second kappa shape index (κ2) is 6.79. The van der Waals surface area contributed by atoms with E-state index in [0.29, 0.717) is 0 Å². The first-order chi connectivity index (χ1) is 9.98. The molecule has 0 atom stereocenters. The van der Waals surface area contributed by atoms with Crippen LogP contribution < -0.4 is 0 Å². The van der Waals surface area contributed by atoms with Crippen molar-refractivity contribution in [2.45, 2.75) is 56.3 Å². The van der Waals surface area contributed by atoms with E-state index in [1.54, 1.807) is 0 Å². The van der Waals surface area contributed by atoms with E-state index in [2.05, 4.69) is 40.7 Å². The summed E-state index contributed by atoms with van der Waals surface area (Å²) in [6.45, 7) is 2.90. The van der Waals surface area contributed by atoms with Gasteiger partial charge < -0.3 is 14.6 Å². The highest BCUT2D eigenvalue weighted by molar-refractivity contribution is 7.99. The fraction of sp³-hybridized carbons (Fsp3) is 0.786. The molecule has 1 N–H and O–H groups in total. The lowest BCUT2D eigenvalue weighted by molar-refractivity contribution is -0.133. The van der Waals surface area contributed by atoms with Gasteiger partial charge in [0.05, 0.1) is 5.75 Å². The van der Waals surface area contributed by atoms with E-state index in [9.17, 15) is 4.79 Å². The summed E-state index contributed by atoms with van der Waals surface area (Å²) in [5, 5.41) is 18.0. The minimum Gasteiger partial charge on any atom is -0.481 e. The molecule has 0 saturated heterocycles. The number of carboxylic acids is 1. The van der Waals surface area contributed by atoms with Crippen molar-refractivity contribution in [3.63, 3.8) is 0 Å². The summed E-state index contributed by atoms with van der Waals surface area (Å²) in [5.41, 5.74) is 0.144. The van der Waals surface area contributed by atoms with Gasteiger partial charge in [-0.15, -0.1) is 10.2 Å². The molecule has 118 valence electrons. The van der Waals surface area contributed by atoms with E-state index in [1.807, 2.05) is 0 Å². The van der Waals surface area contributed by atoms with Crippen LogP contribution in [0.5, 0.6) is 0 Å². The van der Waals surface area contributed by atoms with Crippen molar-refractivity contribution >= 4 is 17.7 Å². The van der Waals surface area contributed by atoms with Crippen molar-refractivity contribution in [1.82, 2.24) is 19.7 Å². The Morgan fingerprint density at radius 3 is 2.57 bits per heavy atom. The maximum Gasteiger partial charge on any atom is 0.313 e. The van der Waals surface area contributed by atoms with Gasteiger partial charge in [0.15, 0.2) is 5.16 Å². The summed E-state index contributed by atoms with van der Waals surface area (Å²) < 4.78 is 2.12. The Bertz CT molecular complexity index is 495. The van der Waals surface area contributed by atoms with Crippen LogP contribution in [-0.4, -0.2) is 56.1 Å². The summed E-state index contributed by atoms with van der Waals surface area (Å²) in [4.78, 5) is 13.1. The van der Waals surface area contributed by atoms with E-state index < -0.39 is 5.97 Å². The van der Waals surface area contributed by atoms with Gasteiger partial charge in [-0.2, -0.15) is 0 Å². The highest BCUT2D eigenvalue weighted by Crippen LogP contribution is 2.36. The van der Waals surface area contributed by atoms with Crippen LogP contribution in [0.3, 0.4) is 0 Å². The van der Waals surface area contributed by atoms with Crippen LogP contribution in [0.2, 0.25) is 0 Å². The average Bonchev–Trinajstić information content (AvgIpc) is 3.05. The third-order valence-electron chi connectivity index (χ3n) is 4.37. The number of thioether (sulfide) groups is 1. The second-order valence-electron chi connectivity index (χ2n) is 5.85. The molecular formula is C14H24N4O2S. The van der Waals surface area contributed by atoms with Gasteiger partial charge in [-0.25, -0.2) is 0 Å². The Kier molecular flexibility index (Phi) is 5.27. The van der Waals surface area contributed by atoms with Gasteiger partial charge in [-0.05, 0) is 26.9 Å². The molecule has 1 aliphatic rings. The number of carboxylic acid groups (broad SMARTS) is 1. The molecule has 0 spiro atoms. The van der Waals surface area contributed by atoms with Crippen LogP contribution in [-0.2, 0) is 17.8 Å². The molecule has 1 aromatic heterocycles. The third kappa shape index (κ3) is 3.58. The molecule has 0 bridgehead atoms. The molecule has 1 aliphatic carbocycles. The fourth-order valence-corrected chi connectivity index (χ4v) is 3.72. The largest absolute Gasteiger partial charge is 0.481 e. The first-order valence-corrected chi connectivity index (χ1v) is 8.41. The highest BCUT2D eigenvalue weighted by Gasteiger charge is 2.37. The maximum absolute atomic E-state index is 10.8. The molecule has 1 aromatic rings. The van der Waals surface area contributed by atoms with E-state index in [1.165, 1.54) is 37.4 Å². The normalized spacial score (nSPS) is 17.5. The van der Waals surface area contributed by atoms with E-state index in [0.717, 1.165) is 23.9 Å². The number of aliphatic carboxylic acids is 1. The predicted octanol–water partition coefficient (Wildman–Crippen LogP) is 1.89. The topological polar surface area (TPSA) is 71.2 Å². The second-order valence-corrected chi connectivity index (χ2v) is 6.79. The molecule has 2 rings (SSSR count). The van der Waals surface area contributed by atoms with Gasteiger partial charge in [0.2, 0.25) is 0 Å². The van der Waals surface area contributed by atoms with Crippen LogP contribution in [0.15, 0.2) is 5.16 Å². The minimum atomic E-state index is -0.823. The monoisotopic (exact) mass is 312 g/mol. The van der Waals surface area contributed by atoms with E-state index >= 15 is 0 Å². The number of carbonyl (C=O) groups is 1. The zero-order valence-corrected chi connectivity index (χ0v) is 13.8. The number of aryl methyl sites for hydroxylation is 1. The Balaban J connectivity index is 2.24. The van der Waals surface area contributed by atoms with Gasteiger partial charge in [-0.1, -0.05) is 31.5 Å². The molecule has 0 aromatic carbocycles. The number of aromatic nitrogens is 3. The first-order valence-electron chi connectivity index (χ1n) is 7.42. The Hall–Kier alpha value is -1.08. The van der Waals surface area contributed by atoms with Gasteiger partial charge >= 0.3 is 5.97 Å². The number of nitrogens with zero attached hydrogens (tertiary/aromatic N) is 4. The SMILES string of the molecule is CCc1nnc(SCC(=O)O)n1CC1(N(C)C)CCCC1.